The number of nitrogens with zero attached hydrogens (tertiary/aromatic N) is 1. The van der Waals surface area contributed by atoms with Gasteiger partial charge in [0.1, 0.15) is 6.61 Å². The Bertz CT molecular complexity index is 1460. The van der Waals surface area contributed by atoms with Crippen molar-refractivity contribution in [1.29, 1.82) is 0 Å². The summed E-state index contributed by atoms with van der Waals surface area (Å²) in [7, 11) is 4.70. The number of cyclic esters (lactones) is 1. The van der Waals surface area contributed by atoms with Crippen LogP contribution in [-0.2, 0) is 9.53 Å². The molecular formula is C30H28ClNO7. The summed E-state index contributed by atoms with van der Waals surface area (Å²) >= 11 is 6.13. The van der Waals surface area contributed by atoms with Crippen LogP contribution in [0, 0.1) is 0 Å². The first-order chi connectivity index (χ1) is 18.9. The molecule has 3 aliphatic rings. The molecule has 0 aromatic heterocycles. The molecule has 0 spiro atoms. The number of anilines is 1. The van der Waals surface area contributed by atoms with Crippen molar-refractivity contribution in [3.8, 4) is 28.7 Å². The molecule has 3 aromatic rings. The van der Waals surface area contributed by atoms with Gasteiger partial charge in [0.05, 0.1) is 32.6 Å². The van der Waals surface area contributed by atoms with E-state index in [2.05, 4.69) is 11.8 Å². The molecule has 0 aliphatic carbocycles. The lowest BCUT2D eigenvalue weighted by Crippen LogP contribution is -2.34. The van der Waals surface area contributed by atoms with Crippen LogP contribution >= 0.6 is 11.6 Å². The third-order valence-electron chi connectivity index (χ3n) is 7.52. The highest BCUT2D eigenvalue weighted by atomic mass is 35.5. The van der Waals surface area contributed by atoms with Gasteiger partial charge in [-0.1, -0.05) is 30.7 Å². The fourth-order valence-corrected chi connectivity index (χ4v) is 5.75. The van der Waals surface area contributed by atoms with E-state index < -0.39 is 5.92 Å². The lowest BCUT2D eigenvalue weighted by Gasteiger charge is -2.37. The Morgan fingerprint density at radius 3 is 2.26 bits per heavy atom. The minimum absolute atomic E-state index is 0.128. The smallest absolute Gasteiger partial charge is 0.337 e. The predicted molar refractivity (Wildman–Crippen MR) is 146 cm³/mol. The number of fused-ring (bicyclic) bond motifs is 2. The maximum absolute atomic E-state index is 13.3. The molecule has 0 fully saturated rings. The van der Waals surface area contributed by atoms with E-state index in [0.29, 0.717) is 45.9 Å². The minimum Gasteiger partial charge on any atom is -0.493 e. The zero-order valence-corrected chi connectivity index (χ0v) is 22.8. The van der Waals surface area contributed by atoms with Crippen LogP contribution < -0.4 is 28.6 Å². The van der Waals surface area contributed by atoms with Gasteiger partial charge in [0.15, 0.2) is 23.0 Å². The maximum atomic E-state index is 13.3. The molecule has 0 N–H and O–H groups in total. The van der Waals surface area contributed by atoms with E-state index >= 15 is 0 Å². The summed E-state index contributed by atoms with van der Waals surface area (Å²) in [6.45, 7) is 3.09. The highest BCUT2D eigenvalue weighted by Gasteiger charge is 2.43. The second-order valence-corrected chi connectivity index (χ2v) is 10.1. The molecule has 2 atom stereocenters. The van der Waals surface area contributed by atoms with Crippen LogP contribution in [0.25, 0.3) is 0 Å². The SMILES string of the molecule is COc1cc(C2C3=C(COC3=O)N(CC(C)c3ccc(Cl)cc3)c3cc4c(cc32)OCO4)cc(OC)c1OC. The predicted octanol–water partition coefficient (Wildman–Crippen LogP) is 5.66. The van der Waals surface area contributed by atoms with Crippen molar-refractivity contribution < 1.29 is 33.2 Å². The third kappa shape index (κ3) is 4.19. The van der Waals surface area contributed by atoms with E-state index in [-0.39, 0.29) is 25.3 Å². The van der Waals surface area contributed by atoms with Gasteiger partial charge >= 0.3 is 5.97 Å². The molecule has 3 heterocycles. The van der Waals surface area contributed by atoms with E-state index in [1.54, 1.807) is 21.3 Å². The number of ether oxygens (including phenoxy) is 6. The van der Waals surface area contributed by atoms with Gasteiger partial charge in [-0.15, -0.1) is 0 Å². The van der Waals surface area contributed by atoms with Crippen LogP contribution in [0.5, 0.6) is 28.7 Å². The summed E-state index contributed by atoms with van der Waals surface area (Å²) < 4.78 is 34.0. The standard InChI is InChI=1S/C30H28ClNO7/c1-16(17-5-7-19(31)8-6-17)13-32-21-12-24-23(38-15-39-24)11-20(21)27(28-22(32)14-37-30(28)33)18-9-25(34-2)29(36-4)26(10-18)35-3/h5-12,16,27H,13-15H2,1-4H3. The number of hydrogen-bond acceptors (Lipinski definition) is 8. The van der Waals surface area contributed by atoms with Crippen molar-refractivity contribution in [2.45, 2.75) is 18.8 Å². The topological polar surface area (TPSA) is 75.7 Å². The first kappa shape index (κ1) is 25.2. The van der Waals surface area contributed by atoms with Crippen LogP contribution in [0.4, 0.5) is 5.69 Å². The summed E-state index contributed by atoms with van der Waals surface area (Å²) in [6, 6.07) is 15.5. The third-order valence-corrected chi connectivity index (χ3v) is 7.78. The van der Waals surface area contributed by atoms with Gasteiger partial charge in [0.2, 0.25) is 12.5 Å². The fourth-order valence-electron chi connectivity index (χ4n) is 5.62. The molecule has 9 heteroatoms. The lowest BCUT2D eigenvalue weighted by atomic mass is 9.79. The van der Waals surface area contributed by atoms with Gasteiger partial charge in [0, 0.05) is 29.2 Å². The van der Waals surface area contributed by atoms with Crippen molar-refractivity contribution in [2.24, 2.45) is 0 Å². The summed E-state index contributed by atoms with van der Waals surface area (Å²) in [4.78, 5) is 15.5. The zero-order valence-electron chi connectivity index (χ0n) is 22.1. The van der Waals surface area contributed by atoms with E-state index in [0.717, 1.165) is 28.1 Å². The van der Waals surface area contributed by atoms with Crippen molar-refractivity contribution in [3.05, 3.63) is 81.5 Å². The first-order valence-electron chi connectivity index (χ1n) is 12.6. The van der Waals surface area contributed by atoms with E-state index in [4.69, 9.17) is 40.0 Å². The number of methoxy groups -OCH3 is 3. The van der Waals surface area contributed by atoms with E-state index in [1.807, 2.05) is 48.5 Å². The largest absolute Gasteiger partial charge is 0.493 e. The average molecular weight is 550 g/mol. The lowest BCUT2D eigenvalue weighted by molar-refractivity contribution is -0.136. The summed E-state index contributed by atoms with van der Waals surface area (Å²) in [5.74, 6) is 2.10. The number of hydrogen-bond donors (Lipinski definition) is 0. The summed E-state index contributed by atoms with van der Waals surface area (Å²) in [6.07, 6.45) is 0. The summed E-state index contributed by atoms with van der Waals surface area (Å²) in [5.41, 5.74) is 5.18. The first-order valence-corrected chi connectivity index (χ1v) is 13.0. The molecule has 202 valence electrons. The molecule has 8 nitrogen and oxygen atoms in total. The van der Waals surface area contributed by atoms with Gasteiger partial charge in [-0.25, -0.2) is 4.79 Å². The highest BCUT2D eigenvalue weighted by molar-refractivity contribution is 6.30. The van der Waals surface area contributed by atoms with E-state index in [9.17, 15) is 4.79 Å². The minimum atomic E-state index is -0.449. The fraction of sp³-hybridized carbons (Fsp3) is 0.300. The molecule has 0 amide bonds. The summed E-state index contributed by atoms with van der Waals surface area (Å²) in [5, 5.41) is 0.690. The molecule has 2 unspecified atom stereocenters. The Morgan fingerprint density at radius 2 is 1.62 bits per heavy atom. The molecular weight excluding hydrogens is 522 g/mol. The van der Waals surface area contributed by atoms with Crippen molar-refractivity contribution in [1.82, 2.24) is 0 Å². The Hall–Kier alpha value is -4.04. The Morgan fingerprint density at radius 1 is 0.949 bits per heavy atom. The Balaban J connectivity index is 1.53. The van der Waals surface area contributed by atoms with Crippen LogP contribution in [-0.4, -0.2) is 47.2 Å². The van der Waals surface area contributed by atoms with Crippen molar-refractivity contribution in [3.63, 3.8) is 0 Å². The molecule has 39 heavy (non-hydrogen) atoms. The number of carbonyl (C=O) groups is 1. The number of esters is 1. The second kappa shape index (κ2) is 9.93. The highest BCUT2D eigenvalue weighted by Crippen LogP contribution is 2.53. The number of rotatable bonds is 7. The molecule has 0 saturated carbocycles. The van der Waals surface area contributed by atoms with Crippen LogP contribution in [0.1, 0.15) is 35.4 Å². The van der Waals surface area contributed by atoms with Crippen LogP contribution in [0.3, 0.4) is 0 Å². The van der Waals surface area contributed by atoms with E-state index in [1.165, 1.54) is 0 Å². The van der Waals surface area contributed by atoms with Crippen molar-refractivity contribution in [2.75, 3.05) is 46.2 Å². The molecule has 0 radical (unpaired) electrons. The van der Waals surface area contributed by atoms with Crippen LogP contribution in [0.2, 0.25) is 5.02 Å². The second-order valence-electron chi connectivity index (χ2n) is 9.66. The average Bonchev–Trinajstić information content (AvgIpc) is 3.57. The Labute approximate surface area is 231 Å². The molecule has 3 aromatic carbocycles. The van der Waals surface area contributed by atoms with Crippen LogP contribution in [0.15, 0.2) is 59.8 Å². The maximum Gasteiger partial charge on any atom is 0.337 e. The molecule has 3 aliphatic heterocycles. The molecule has 6 rings (SSSR count). The monoisotopic (exact) mass is 549 g/mol. The van der Waals surface area contributed by atoms with Gasteiger partial charge in [-0.05, 0) is 52.9 Å². The molecule has 0 saturated heterocycles. The van der Waals surface area contributed by atoms with Crippen molar-refractivity contribution >= 4 is 23.3 Å². The Kier molecular flexibility index (Phi) is 6.43. The van der Waals surface area contributed by atoms with Gasteiger partial charge in [-0.3, -0.25) is 0 Å². The van der Waals surface area contributed by atoms with Gasteiger partial charge < -0.3 is 33.3 Å². The number of carbonyl (C=O) groups excluding carboxylic acids is 1. The quantitative estimate of drug-likeness (QED) is 0.349. The number of halogens is 1. The van der Waals surface area contributed by atoms with Gasteiger partial charge in [-0.2, -0.15) is 0 Å². The zero-order chi connectivity index (χ0) is 27.3. The normalized spacial score (nSPS) is 17.9. The molecule has 0 bridgehead atoms. The number of benzene rings is 3. The van der Waals surface area contributed by atoms with Gasteiger partial charge in [0.25, 0.3) is 0 Å².